The summed E-state index contributed by atoms with van der Waals surface area (Å²) < 4.78 is 4.90. The maximum Gasteiger partial charge on any atom is 0.404 e. The predicted octanol–water partition coefficient (Wildman–Crippen LogP) is 2.29. The summed E-state index contributed by atoms with van der Waals surface area (Å²) in [5.41, 5.74) is 6.19. The van der Waals surface area contributed by atoms with Crippen molar-refractivity contribution >= 4 is 6.09 Å². The van der Waals surface area contributed by atoms with Gasteiger partial charge in [0.05, 0.1) is 0 Å². The summed E-state index contributed by atoms with van der Waals surface area (Å²) in [6.45, 7) is 7.32. The minimum Gasteiger partial charge on any atom is -0.448 e. The molecule has 0 spiro atoms. The van der Waals surface area contributed by atoms with E-state index in [2.05, 4.69) is 38.2 Å². The fourth-order valence-corrected chi connectivity index (χ4v) is 1.62. The third kappa shape index (κ3) is 5.19. The van der Waals surface area contributed by atoms with Gasteiger partial charge in [-0.15, -0.1) is 0 Å². The van der Waals surface area contributed by atoms with Crippen LogP contribution in [0.15, 0.2) is 30.3 Å². The summed E-state index contributed by atoms with van der Waals surface area (Å²) in [4.78, 5) is 10.7. The summed E-state index contributed by atoms with van der Waals surface area (Å²) in [7, 11) is 0. The van der Waals surface area contributed by atoms with E-state index in [1.165, 1.54) is 5.56 Å². The molecule has 0 fully saturated rings. The summed E-state index contributed by atoms with van der Waals surface area (Å²) in [6.07, 6.45) is -0.731. The molecule has 1 rings (SSSR count). The van der Waals surface area contributed by atoms with Gasteiger partial charge in [0, 0.05) is 12.6 Å². The van der Waals surface area contributed by atoms with E-state index in [9.17, 15) is 4.79 Å². The van der Waals surface area contributed by atoms with Crippen molar-refractivity contribution in [2.75, 3.05) is 6.61 Å². The highest BCUT2D eigenvalue weighted by Gasteiger charge is 2.25. The summed E-state index contributed by atoms with van der Waals surface area (Å²) in [5, 5.41) is 3.40. The van der Waals surface area contributed by atoms with E-state index in [0.29, 0.717) is 0 Å². The Morgan fingerprint density at radius 1 is 1.33 bits per heavy atom. The van der Waals surface area contributed by atoms with Gasteiger partial charge < -0.3 is 15.8 Å². The molecule has 4 nitrogen and oxygen atoms in total. The topological polar surface area (TPSA) is 64.3 Å². The predicted molar refractivity (Wildman–Crippen MR) is 72.1 cm³/mol. The lowest BCUT2D eigenvalue weighted by atomic mass is 9.87. The highest BCUT2D eigenvalue weighted by molar-refractivity contribution is 5.64. The van der Waals surface area contributed by atoms with Crippen LogP contribution >= 0.6 is 0 Å². The first kappa shape index (κ1) is 14.5. The molecule has 1 amide bonds. The van der Waals surface area contributed by atoms with Gasteiger partial charge in [-0.05, 0) is 11.0 Å². The van der Waals surface area contributed by atoms with Gasteiger partial charge in [-0.3, -0.25) is 0 Å². The molecule has 3 N–H and O–H groups in total. The number of rotatable bonds is 5. The second kappa shape index (κ2) is 6.40. The monoisotopic (exact) mass is 250 g/mol. The van der Waals surface area contributed by atoms with E-state index >= 15 is 0 Å². The molecular formula is C14H22N2O2. The number of hydrogen-bond acceptors (Lipinski definition) is 3. The Morgan fingerprint density at radius 3 is 2.44 bits per heavy atom. The number of benzene rings is 1. The van der Waals surface area contributed by atoms with Gasteiger partial charge in [-0.25, -0.2) is 4.79 Å². The molecule has 0 aliphatic heterocycles. The molecule has 0 aliphatic rings. The number of hydrogen-bond donors (Lipinski definition) is 2. The Kier molecular flexibility index (Phi) is 5.16. The van der Waals surface area contributed by atoms with Crippen molar-refractivity contribution in [3.05, 3.63) is 35.9 Å². The van der Waals surface area contributed by atoms with Gasteiger partial charge in [0.2, 0.25) is 0 Å². The lowest BCUT2D eigenvalue weighted by molar-refractivity contribution is 0.113. The first-order chi connectivity index (χ1) is 8.39. The van der Waals surface area contributed by atoms with E-state index in [1.54, 1.807) is 0 Å². The molecule has 0 saturated carbocycles. The lowest BCUT2D eigenvalue weighted by Crippen LogP contribution is -2.44. The van der Waals surface area contributed by atoms with E-state index in [-0.39, 0.29) is 18.1 Å². The van der Waals surface area contributed by atoms with Crippen LogP contribution in [0.1, 0.15) is 26.3 Å². The van der Waals surface area contributed by atoms with Crippen LogP contribution in [-0.4, -0.2) is 18.7 Å². The number of amides is 1. The number of carbonyl (C=O) groups excluding carboxylic acids is 1. The number of nitrogens with one attached hydrogen (secondary N) is 1. The fraction of sp³-hybridized carbons (Fsp3) is 0.500. The lowest BCUT2D eigenvalue weighted by Gasteiger charge is -2.31. The molecule has 0 radical (unpaired) electrons. The zero-order valence-corrected chi connectivity index (χ0v) is 11.3. The molecule has 0 aromatic heterocycles. The van der Waals surface area contributed by atoms with Crippen molar-refractivity contribution < 1.29 is 9.53 Å². The Morgan fingerprint density at radius 2 is 1.94 bits per heavy atom. The van der Waals surface area contributed by atoms with E-state index in [4.69, 9.17) is 10.5 Å². The van der Waals surface area contributed by atoms with Crippen molar-refractivity contribution in [3.8, 4) is 0 Å². The average Bonchev–Trinajstić information content (AvgIpc) is 2.28. The van der Waals surface area contributed by atoms with Crippen molar-refractivity contribution in [3.63, 3.8) is 0 Å². The molecule has 100 valence electrons. The SMILES string of the molecule is CC(C)(C)C(COC(N)=O)NCc1ccccc1. The van der Waals surface area contributed by atoms with Crippen molar-refractivity contribution in [2.45, 2.75) is 33.4 Å². The van der Waals surface area contributed by atoms with Crippen LogP contribution in [0.5, 0.6) is 0 Å². The van der Waals surface area contributed by atoms with Gasteiger partial charge in [-0.1, -0.05) is 51.1 Å². The Bertz CT molecular complexity index is 371. The molecule has 0 aliphatic carbocycles. The van der Waals surface area contributed by atoms with Gasteiger partial charge in [0.1, 0.15) is 6.61 Å². The third-order valence-corrected chi connectivity index (χ3v) is 2.83. The van der Waals surface area contributed by atoms with Gasteiger partial charge in [-0.2, -0.15) is 0 Å². The second-order valence-corrected chi connectivity index (χ2v) is 5.42. The molecule has 0 bridgehead atoms. The minimum atomic E-state index is -0.731. The maximum atomic E-state index is 10.7. The van der Waals surface area contributed by atoms with Crippen molar-refractivity contribution in [1.29, 1.82) is 0 Å². The average molecular weight is 250 g/mol. The van der Waals surface area contributed by atoms with Crippen molar-refractivity contribution in [2.24, 2.45) is 11.1 Å². The quantitative estimate of drug-likeness (QED) is 0.842. The zero-order valence-electron chi connectivity index (χ0n) is 11.3. The standard InChI is InChI=1S/C14H22N2O2/c1-14(2,3)12(10-18-13(15)17)16-9-11-7-5-4-6-8-11/h4-8,12,16H,9-10H2,1-3H3,(H2,15,17). The number of primary amides is 1. The van der Waals surface area contributed by atoms with Gasteiger partial charge in [0.25, 0.3) is 0 Å². The van der Waals surface area contributed by atoms with E-state index in [0.717, 1.165) is 6.54 Å². The number of ether oxygens (including phenoxy) is 1. The summed E-state index contributed by atoms with van der Waals surface area (Å²) in [6, 6.07) is 10.2. The normalized spacial score (nSPS) is 13.1. The zero-order chi connectivity index (χ0) is 13.6. The number of nitrogens with two attached hydrogens (primary N) is 1. The van der Waals surface area contributed by atoms with Crippen LogP contribution < -0.4 is 11.1 Å². The smallest absolute Gasteiger partial charge is 0.404 e. The largest absolute Gasteiger partial charge is 0.448 e. The van der Waals surface area contributed by atoms with Crippen LogP contribution in [0.3, 0.4) is 0 Å². The van der Waals surface area contributed by atoms with Crippen LogP contribution in [0, 0.1) is 5.41 Å². The minimum absolute atomic E-state index is 0.00969. The molecular weight excluding hydrogens is 228 g/mol. The summed E-state index contributed by atoms with van der Waals surface area (Å²) in [5.74, 6) is 0. The third-order valence-electron chi connectivity index (χ3n) is 2.83. The van der Waals surface area contributed by atoms with Gasteiger partial charge in [0.15, 0.2) is 0 Å². The van der Waals surface area contributed by atoms with Crippen LogP contribution in [0.4, 0.5) is 4.79 Å². The number of carbonyl (C=O) groups is 1. The van der Waals surface area contributed by atoms with E-state index < -0.39 is 6.09 Å². The van der Waals surface area contributed by atoms with Crippen LogP contribution in [0.2, 0.25) is 0 Å². The molecule has 18 heavy (non-hydrogen) atoms. The first-order valence-corrected chi connectivity index (χ1v) is 6.09. The molecule has 1 aromatic carbocycles. The van der Waals surface area contributed by atoms with E-state index in [1.807, 2.05) is 18.2 Å². The Balaban J connectivity index is 2.54. The van der Waals surface area contributed by atoms with Crippen LogP contribution in [-0.2, 0) is 11.3 Å². The first-order valence-electron chi connectivity index (χ1n) is 6.09. The second-order valence-electron chi connectivity index (χ2n) is 5.42. The molecule has 1 atom stereocenters. The van der Waals surface area contributed by atoms with Crippen molar-refractivity contribution in [1.82, 2.24) is 5.32 Å². The molecule has 4 heteroatoms. The Labute approximate surface area is 109 Å². The molecule has 1 unspecified atom stereocenters. The highest BCUT2D eigenvalue weighted by atomic mass is 16.5. The van der Waals surface area contributed by atoms with Gasteiger partial charge >= 0.3 is 6.09 Å². The maximum absolute atomic E-state index is 10.7. The Hall–Kier alpha value is -1.55. The fourth-order valence-electron chi connectivity index (χ4n) is 1.62. The highest BCUT2D eigenvalue weighted by Crippen LogP contribution is 2.20. The summed E-state index contributed by atoms with van der Waals surface area (Å²) >= 11 is 0. The molecule has 0 heterocycles. The van der Waals surface area contributed by atoms with Crippen LogP contribution in [0.25, 0.3) is 0 Å². The molecule has 0 saturated heterocycles. The molecule has 1 aromatic rings.